The Morgan fingerprint density at radius 3 is 2.20 bits per heavy atom. The Balaban J connectivity index is 0.000000479. The summed E-state index contributed by atoms with van der Waals surface area (Å²) < 4.78 is 0. The standard InChI is InChI=1S/C21H27N.C7H14O/c1-6-7-11-19-14-13-16(2)20(15-19)18(4)22(5)21-12-9-8-10-17(21)3;1-3-5-6-7(8)4-2/h8-10,12-15H,4,6-7,11H2,1-3,5H3;3-6H2,1-2H3. The predicted molar refractivity (Wildman–Crippen MR) is 133 cm³/mol. The summed E-state index contributed by atoms with van der Waals surface area (Å²) in [4.78, 5) is 12.8. The van der Waals surface area contributed by atoms with E-state index in [0.717, 1.165) is 31.4 Å². The van der Waals surface area contributed by atoms with E-state index in [1.807, 2.05) is 6.92 Å². The molecule has 2 heteroatoms. The number of unbranched alkanes of at least 4 members (excludes halogenated alkanes) is 2. The third-order valence-electron chi connectivity index (χ3n) is 5.52. The second-order valence-corrected chi connectivity index (χ2v) is 8.04. The maximum atomic E-state index is 10.6. The average Bonchev–Trinajstić information content (AvgIpc) is 2.76. The van der Waals surface area contributed by atoms with Crippen molar-refractivity contribution in [2.75, 3.05) is 11.9 Å². The van der Waals surface area contributed by atoms with E-state index < -0.39 is 0 Å². The third kappa shape index (κ3) is 8.18. The Labute approximate surface area is 185 Å². The number of aryl methyl sites for hydroxylation is 3. The van der Waals surface area contributed by atoms with Crippen molar-refractivity contribution in [1.29, 1.82) is 0 Å². The molecule has 0 heterocycles. The van der Waals surface area contributed by atoms with Gasteiger partial charge in [0.2, 0.25) is 0 Å². The molecule has 0 aliphatic carbocycles. The summed E-state index contributed by atoms with van der Waals surface area (Å²) >= 11 is 0. The van der Waals surface area contributed by atoms with Crippen molar-refractivity contribution in [2.24, 2.45) is 0 Å². The maximum Gasteiger partial charge on any atom is 0.132 e. The molecule has 0 spiro atoms. The first kappa shape index (κ1) is 25.7. The van der Waals surface area contributed by atoms with Crippen LogP contribution in [0.3, 0.4) is 0 Å². The van der Waals surface area contributed by atoms with Crippen molar-refractivity contribution in [3.05, 3.63) is 71.3 Å². The van der Waals surface area contributed by atoms with E-state index >= 15 is 0 Å². The number of para-hydroxylation sites is 1. The molecule has 0 amide bonds. The van der Waals surface area contributed by atoms with E-state index in [9.17, 15) is 4.79 Å². The molecule has 0 radical (unpaired) electrons. The third-order valence-corrected chi connectivity index (χ3v) is 5.52. The van der Waals surface area contributed by atoms with Gasteiger partial charge in [0.1, 0.15) is 5.78 Å². The van der Waals surface area contributed by atoms with Gasteiger partial charge in [0.25, 0.3) is 0 Å². The van der Waals surface area contributed by atoms with Crippen LogP contribution in [0.1, 0.15) is 81.5 Å². The Bertz CT molecular complexity index is 806. The van der Waals surface area contributed by atoms with E-state index in [4.69, 9.17) is 0 Å². The number of hydrogen-bond acceptors (Lipinski definition) is 2. The fourth-order valence-electron chi connectivity index (χ4n) is 3.33. The molecule has 0 N–H and O–H groups in total. The minimum absolute atomic E-state index is 0.395. The molecule has 0 aromatic heterocycles. The highest BCUT2D eigenvalue weighted by molar-refractivity contribution is 5.80. The zero-order chi connectivity index (χ0) is 22.5. The van der Waals surface area contributed by atoms with Crippen molar-refractivity contribution in [3.8, 4) is 0 Å². The van der Waals surface area contributed by atoms with Gasteiger partial charge in [-0.1, -0.05) is 70.5 Å². The second kappa shape index (κ2) is 13.8. The Morgan fingerprint density at radius 2 is 1.60 bits per heavy atom. The van der Waals surface area contributed by atoms with Crippen LogP contribution in [-0.4, -0.2) is 12.8 Å². The largest absolute Gasteiger partial charge is 0.344 e. The van der Waals surface area contributed by atoms with Crippen molar-refractivity contribution >= 4 is 17.2 Å². The topological polar surface area (TPSA) is 20.3 Å². The summed E-state index contributed by atoms with van der Waals surface area (Å²) in [7, 11) is 2.10. The van der Waals surface area contributed by atoms with Gasteiger partial charge in [0.15, 0.2) is 0 Å². The number of hydrogen-bond donors (Lipinski definition) is 0. The summed E-state index contributed by atoms with van der Waals surface area (Å²) in [6, 6.07) is 15.2. The molecule has 2 nitrogen and oxygen atoms in total. The molecule has 2 aromatic carbocycles. The highest BCUT2D eigenvalue weighted by atomic mass is 16.1. The summed E-state index contributed by atoms with van der Waals surface area (Å²) in [6.45, 7) is 14.9. The molecule has 2 aromatic rings. The molecule has 0 atom stereocenters. The molecule has 0 saturated carbocycles. The van der Waals surface area contributed by atoms with Gasteiger partial charge in [-0.3, -0.25) is 4.79 Å². The first-order valence-electron chi connectivity index (χ1n) is 11.4. The monoisotopic (exact) mass is 407 g/mol. The van der Waals surface area contributed by atoms with Crippen molar-refractivity contribution in [1.82, 2.24) is 0 Å². The van der Waals surface area contributed by atoms with Crippen molar-refractivity contribution in [2.45, 2.75) is 79.6 Å². The molecule has 0 saturated heterocycles. The smallest absolute Gasteiger partial charge is 0.132 e. The van der Waals surface area contributed by atoms with Crippen LogP contribution < -0.4 is 4.90 Å². The summed E-state index contributed by atoms with van der Waals surface area (Å²) in [5, 5.41) is 0. The zero-order valence-corrected chi connectivity index (χ0v) is 20.1. The van der Waals surface area contributed by atoms with Crippen LogP contribution in [0.15, 0.2) is 49.0 Å². The van der Waals surface area contributed by atoms with Gasteiger partial charge in [-0.15, -0.1) is 0 Å². The van der Waals surface area contributed by atoms with E-state index in [1.54, 1.807) is 0 Å². The van der Waals surface area contributed by atoms with E-state index in [0.29, 0.717) is 12.2 Å². The molecule has 0 unspecified atom stereocenters. The molecule has 0 aliphatic heterocycles. The molecule has 164 valence electrons. The zero-order valence-electron chi connectivity index (χ0n) is 20.1. The lowest BCUT2D eigenvalue weighted by Crippen LogP contribution is -2.16. The van der Waals surface area contributed by atoms with Crippen molar-refractivity contribution in [3.63, 3.8) is 0 Å². The fraction of sp³-hybridized carbons (Fsp3) is 0.464. The van der Waals surface area contributed by atoms with E-state index in [1.165, 1.54) is 40.8 Å². The summed E-state index contributed by atoms with van der Waals surface area (Å²) in [6.07, 6.45) is 7.30. The Morgan fingerprint density at radius 1 is 0.933 bits per heavy atom. The Kier molecular flexibility index (Phi) is 11.8. The highest BCUT2D eigenvalue weighted by Crippen LogP contribution is 2.28. The lowest BCUT2D eigenvalue weighted by Gasteiger charge is -2.25. The molecular formula is C28H41NO. The van der Waals surface area contributed by atoms with Crippen LogP contribution in [0.4, 0.5) is 5.69 Å². The number of carbonyl (C=O) groups excluding carboxylic acids is 1. The van der Waals surface area contributed by atoms with Crippen LogP contribution in [-0.2, 0) is 11.2 Å². The van der Waals surface area contributed by atoms with Crippen LogP contribution in [0.25, 0.3) is 5.70 Å². The average molecular weight is 408 g/mol. The molecule has 0 fully saturated rings. The second-order valence-electron chi connectivity index (χ2n) is 8.04. The summed E-state index contributed by atoms with van der Waals surface area (Å²) in [5.41, 5.74) is 7.48. The van der Waals surface area contributed by atoms with Crippen LogP contribution >= 0.6 is 0 Å². The number of carbonyl (C=O) groups is 1. The molecule has 30 heavy (non-hydrogen) atoms. The highest BCUT2D eigenvalue weighted by Gasteiger charge is 2.12. The number of nitrogens with zero attached hydrogens (tertiary/aromatic N) is 1. The molecule has 2 rings (SSSR count). The maximum absolute atomic E-state index is 10.6. The van der Waals surface area contributed by atoms with Crippen LogP contribution in [0.5, 0.6) is 0 Å². The van der Waals surface area contributed by atoms with Crippen LogP contribution in [0, 0.1) is 13.8 Å². The summed E-state index contributed by atoms with van der Waals surface area (Å²) in [5.74, 6) is 0.395. The fourth-order valence-corrected chi connectivity index (χ4v) is 3.33. The molecule has 0 aliphatic rings. The van der Waals surface area contributed by atoms with Gasteiger partial charge in [-0.05, 0) is 61.9 Å². The number of benzene rings is 2. The van der Waals surface area contributed by atoms with Crippen LogP contribution in [0.2, 0.25) is 0 Å². The number of Topliss-reactive ketones (excluding diaryl/α,β-unsaturated/α-hetero) is 1. The SMILES string of the molecule is C=C(c1cc(CCCC)ccc1C)N(C)c1ccccc1C.CCCCC(=O)CC. The van der Waals surface area contributed by atoms with Gasteiger partial charge in [-0.25, -0.2) is 0 Å². The number of rotatable bonds is 10. The first-order valence-corrected chi connectivity index (χ1v) is 11.4. The van der Waals surface area contributed by atoms with Gasteiger partial charge in [0, 0.05) is 36.8 Å². The first-order chi connectivity index (χ1) is 14.3. The van der Waals surface area contributed by atoms with E-state index in [2.05, 4.69) is 88.7 Å². The quantitative estimate of drug-likeness (QED) is 0.399. The lowest BCUT2D eigenvalue weighted by atomic mass is 9.99. The van der Waals surface area contributed by atoms with Crippen molar-refractivity contribution < 1.29 is 4.79 Å². The van der Waals surface area contributed by atoms with Gasteiger partial charge < -0.3 is 4.90 Å². The number of ketones is 1. The van der Waals surface area contributed by atoms with Gasteiger partial charge in [-0.2, -0.15) is 0 Å². The lowest BCUT2D eigenvalue weighted by molar-refractivity contribution is -0.118. The minimum atomic E-state index is 0.395. The number of anilines is 1. The van der Waals surface area contributed by atoms with Gasteiger partial charge in [0.05, 0.1) is 0 Å². The van der Waals surface area contributed by atoms with Gasteiger partial charge >= 0.3 is 0 Å². The predicted octanol–water partition coefficient (Wildman–Crippen LogP) is 7.91. The normalized spacial score (nSPS) is 10.2. The molecule has 0 bridgehead atoms. The van der Waals surface area contributed by atoms with E-state index in [-0.39, 0.29) is 0 Å². The molecular weight excluding hydrogens is 366 g/mol. The minimum Gasteiger partial charge on any atom is -0.344 e. The Hall–Kier alpha value is -2.35.